The molecule has 560 valence electrons. The number of H-pyrrole nitrogens is 1. The molecule has 0 aromatic carbocycles. The molecule has 7 aromatic rings. The Morgan fingerprint density at radius 2 is 0.733 bits per heavy atom. The van der Waals surface area contributed by atoms with Gasteiger partial charge in [0, 0.05) is 154 Å². The molecule has 0 aliphatic carbocycles. The number of pyridine rings is 7. The van der Waals surface area contributed by atoms with Crippen LogP contribution in [-0.2, 0) is 64.2 Å². The molecule has 12 N–H and O–H groups in total. The summed E-state index contributed by atoms with van der Waals surface area (Å²) in [6.07, 6.45) is 11.8. The van der Waals surface area contributed by atoms with Gasteiger partial charge in [-0.3, -0.25) is 54.2 Å². The highest BCUT2D eigenvalue weighted by atomic mass is 35.5. The Balaban J connectivity index is 0. The number of amides is 3. The van der Waals surface area contributed by atoms with Crippen molar-refractivity contribution in [3.63, 3.8) is 0 Å². The van der Waals surface area contributed by atoms with Gasteiger partial charge in [-0.15, -0.1) is 34.8 Å². The largest absolute Gasteiger partial charge is 1.00 e. The monoisotopic (exact) mass is 1500 g/mol. The van der Waals surface area contributed by atoms with Crippen LogP contribution in [0.3, 0.4) is 0 Å². The predicted molar refractivity (Wildman–Crippen MR) is 404 cm³/mol. The number of ether oxygens (including phenoxy) is 2. The van der Waals surface area contributed by atoms with Gasteiger partial charge in [0.05, 0.1) is 40.0 Å². The zero-order valence-corrected chi connectivity index (χ0v) is 64.1. The smallest absolute Gasteiger partial charge is 0.407 e. The second kappa shape index (κ2) is 62.6. The Morgan fingerprint density at radius 1 is 0.426 bits per heavy atom. The molecule has 7 aromatic heterocycles. The van der Waals surface area contributed by atoms with Crippen LogP contribution in [0.15, 0.2) is 171 Å². The molecule has 0 atom stereocenters. The normalized spacial score (nSPS) is 10.3. The Bertz CT molecular complexity index is 2930. The number of hydrogen-bond donors (Lipinski definition) is 7. The third-order valence-electron chi connectivity index (χ3n) is 12.4. The standard InChI is InChI=1S/C19H26N4O2.C16H19ClN4O.C14H18N4.C7H16N2O2.C6H6ClN.C6H15N.C2H2Cl2O.C2H8N2.ClH/c1-19(2,3)25-18(24)22-12-13-23(14-16-8-4-6-10-20-16)15-17-9-5-7-11-21-17;17-11-16(22)20-9-10-21(12-14-5-1-3-7-18-14)13-15-6-2-4-8-19-15;15-7-10-18(11-13-5-1-3-8-16-13)12-14-6-2-4-9-17-14;1-7(2,3)11-6(10)9-5-4-8;7-5-6-3-1-2-4-8-6;1-4-7(5-2)6-3;3-1-2(4)5;3-1-2-4;/h4-11H,12-15H2,1-3H3,(H,22,24);1-8H,9-13H2,(H,20,22);1-6,8-9H,7,10-12,15H2;4-5,8H2,1-3H3,(H,9,10);1-4H,5H2;4-6H2,1-3H3;1H2;1-4H2;1H. The maximum atomic E-state index is 11.8. The number of alkyl halides is 3. The molecule has 7 rings (SSSR count). The topological polar surface area (TPSA) is 331 Å². The minimum absolute atomic E-state index is 0. The number of rotatable bonds is 29. The zero-order chi connectivity index (χ0) is 74.5. The maximum absolute atomic E-state index is 11.8. The van der Waals surface area contributed by atoms with E-state index in [1.807, 2.05) is 188 Å². The molecule has 0 saturated heterocycles. The molecule has 24 nitrogen and oxygen atoms in total. The summed E-state index contributed by atoms with van der Waals surface area (Å²) in [7, 11) is 0. The first-order valence-electron chi connectivity index (χ1n) is 33.1. The fourth-order valence-corrected chi connectivity index (χ4v) is 8.11. The SMILES string of the molecule is CC(C)(C)OC(=O)NCCN.CC(C)(C)OC(=O)NCCN(Cc1ccccn1)Cc1ccccn1.CCN(CC)CC.ClCc1cccc[nH+]1.NCCN.NCCN(Cc1ccccn1)Cc1ccccn1.O=C(CCl)NCCN(Cc1ccccn1)Cc1ccccn1.O=C(Cl)CCl.[Cl-]. The number of aromatic nitrogens is 7. The van der Waals surface area contributed by atoms with E-state index in [1.165, 1.54) is 19.6 Å². The third-order valence-corrected chi connectivity index (χ3v) is 13.5. The van der Waals surface area contributed by atoms with Crippen LogP contribution in [-0.4, -0.2) is 181 Å². The van der Waals surface area contributed by atoms with E-state index in [2.05, 4.69) is 91.2 Å². The second-order valence-electron chi connectivity index (χ2n) is 23.2. The molecule has 29 heteroatoms. The van der Waals surface area contributed by atoms with E-state index < -0.39 is 28.6 Å². The van der Waals surface area contributed by atoms with Crippen LogP contribution in [0.4, 0.5) is 9.59 Å². The maximum Gasteiger partial charge on any atom is 0.407 e. The highest BCUT2D eigenvalue weighted by Crippen LogP contribution is 2.11. The lowest BCUT2D eigenvalue weighted by Gasteiger charge is -2.23. The summed E-state index contributed by atoms with van der Waals surface area (Å²) < 4.78 is 10.2. The van der Waals surface area contributed by atoms with Gasteiger partial charge in [0.25, 0.3) is 0 Å². The van der Waals surface area contributed by atoms with Crippen molar-refractivity contribution in [1.82, 2.24) is 65.5 Å². The van der Waals surface area contributed by atoms with Crippen LogP contribution < -0.4 is 56.3 Å². The third kappa shape index (κ3) is 58.1. The zero-order valence-electron chi connectivity index (χ0n) is 60.3. The average molecular weight is 1500 g/mol. The molecule has 0 bridgehead atoms. The molecule has 0 spiro atoms. The van der Waals surface area contributed by atoms with Crippen molar-refractivity contribution in [2.75, 3.05) is 96.8 Å². The van der Waals surface area contributed by atoms with E-state index in [4.69, 9.17) is 78.8 Å². The Morgan fingerprint density at radius 3 is 0.941 bits per heavy atom. The van der Waals surface area contributed by atoms with Crippen molar-refractivity contribution in [2.24, 2.45) is 22.9 Å². The van der Waals surface area contributed by atoms with Crippen LogP contribution in [0.1, 0.15) is 102 Å². The van der Waals surface area contributed by atoms with E-state index in [0.717, 1.165) is 59.5 Å². The molecular formula is C72H111Cl5N18O6. The van der Waals surface area contributed by atoms with Crippen molar-refractivity contribution in [3.05, 3.63) is 211 Å². The van der Waals surface area contributed by atoms with Gasteiger partial charge < -0.3 is 65.7 Å². The molecule has 0 aliphatic rings. The van der Waals surface area contributed by atoms with E-state index in [-0.39, 0.29) is 30.1 Å². The quantitative estimate of drug-likeness (QED) is 0.0202. The Hall–Kier alpha value is -7.14. The molecule has 0 aliphatic heterocycles. The van der Waals surface area contributed by atoms with Gasteiger partial charge in [-0.2, -0.15) is 0 Å². The van der Waals surface area contributed by atoms with Crippen LogP contribution in [0.5, 0.6) is 0 Å². The summed E-state index contributed by atoms with van der Waals surface area (Å²) in [5.74, 6) is 0.292. The van der Waals surface area contributed by atoms with Gasteiger partial charge in [0.15, 0.2) is 11.9 Å². The molecule has 0 unspecified atom stereocenters. The Labute approximate surface area is 626 Å². The number of nitrogens with one attached hydrogen (secondary N) is 4. The molecule has 0 fully saturated rings. The van der Waals surface area contributed by atoms with E-state index in [1.54, 1.807) is 24.8 Å². The lowest BCUT2D eigenvalue weighted by atomic mass is 10.2. The van der Waals surface area contributed by atoms with Crippen LogP contribution in [0.25, 0.3) is 0 Å². The van der Waals surface area contributed by atoms with Crippen molar-refractivity contribution in [1.29, 1.82) is 0 Å². The minimum atomic E-state index is -0.508. The number of carbonyl (C=O) groups is 4. The molecule has 101 heavy (non-hydrogen) atoms. The number of halogens is 5. The molecule has 0 saturated carbocycles. The summed E-state index contributed by atoms with van der Waals surface area (Å²) in [6.45, 7) is 31.5. The lowest BCUT2D eigenvalue weighted by molar-refractivity contribution is -0.388. The van der Waals surface area contributed by atoms with Gasteiger partial charge in [-0.1, -0.05) is 63.2 Å². The highest BCUT2D eigenvalue weighted by molar-refractivity contribution is 6.67. The van der Waals surface area contributed by atoms with Crippen LogP contribution in [0.2, 0.25) is 0 Å². The van der Waals surface area contributed by atoms with Gasteiger partial charge in [-0.25, -0.2) is 14.6 Å². The molecule has 0 radical (unpaired) electrons. The van der Waals surface area contributed by atoms with Gasteiger partial charge in [-0.05, 0) is 146 Å². The van der Waals surface area contributed by atoms with Crippen LogP contribution in [0, 0.1) is 0 Å². The Kier molecular flexibility index (Phi) is 59.5. The number of aromatic amines is 1. The van der Waals surface area contributed by atoms with Crippen LogP contribution >= 0.6 is 46.4 Å². The highest BCUT2D eigenvalue weighted by Gasteiger charge is 2.18. The van der Waals surface area contributed by atoms with Gasteiger partial charge in [0.1, 0.15) is 23.0 Å². The average Bonchev–Trinajstić information content (AvgIpc) is 0.936. The van der Waals surface area contributed by atoms with Gasteiger partial charge in [0.2, 0.25) is 11.1 Å². The number of alkyl carbamates (subject to hydrolysis) is 2. The first-order valence-corrected chi connectivity index (χ1v) is 35.1. The first-order chi connectivity index (χ1) is 48.0. The second-order valence-corrected chi connectivity index (χ2v) is 24.4. The summed E-state index contributed by atoms with van der Waals surface area (Å²) in [4.78, 5) is 81.4. The number of carbonyl (C=O) groups excluding carboxylic acids is 4. The molecule has 3 amide bonds. The summed E-state index contributed by atoms with van der Waals surface area (Å²) in [6, 6.07) is 41.2. The lowest BCUT2D eigenvalue weighted by Crippen LogP contribution is -3.00. The van der Waals surface area contributed by atoms with Crippen molar-refractivity contribution in [2.45, 2.75) is 119 Å². The number of nitrogens with two attached hydrogens (primary N) is 4. The number of nitrogens with zero attached hydrogens (tertiary/aromatic N) is 10. The van der Waals surface area contributed by atoms with E-state index in [0.29, 0.717) is 91.0 Å². The fraction of sp³-hybridized carbons (Fsp3) is 0.458. The van der Waals surface area contributed by atoms with Crippen molar-refractivity contribution >= 4 is 69.7 Å². The minimum Gasteiger partial charge on any atom is -1.00 e. The fourth-order valence-electron chi connectivity index (χ4n) is 7.85. The molecule has 7 heterocycles. The molecular weight excluding hydrogens is 1390 g/mol. The number of hydrogen-bond acceptors (Lipinski definition) is 20. The summed E-state index contributed by atoms with van der Waals surface area (Å²) in [5.41, 5.74) is 26.8. The van der Waals surface area contributed by atoms with Gasteiger partial charge >= 0.3 is 12.2 Å². The predicted octanol–water partition coefficient (Wildman–Crippen LogP) is 6.23. The van der Waals surface area contributed by atoms with Crippen molar-refractivity contribution < 1.29 is 46.0 Å². The summed E-state index contributed by atoms with van der Waals surface area (Å²) in [5, 5.41) is 7.57. The first kappa shape index (κ1) is 95.9. The summed E-state index contributed by atoms with van der Waals surface area (Å²) >= 11 is 20.5. The van der Waals surface area contributed by atoms with E-state index >= 15 is 0 Å². The van der Waals surface area contributed by atoms with Crippen molar-refractivity contribution in [3.8, 4) is 0 Å². The van der Waals surface area contributed by atoms with E-state index in [9.17, 15) is 19.2 Å².